The Morgan fingerprint density at radius 3 is 2.15 bits per heavy atom. The molecule has 0 aliphatic heterocycles. The Labute approximate surface area is 222 Å². The average Bonchev–Trinajstić information content (AvgIpc) is 3.67. The molecule has 0 saturated heterocycles. The molecule has 0 saturated carbocycles. The summed E-state index contributed by atoms with van der Waals surface area (Å²) in [4.78, 5) is 5.06. The second-order valence-electron chi connectivity index (χ2n) is 10.0. The molecule has 0 amide bonds. The van der Waals surface area contributed by atoms with E-state index in [1.165, 1.54) is 21.9 Å². The fraction of sp³-hybridized carbons (Fsp3) is 0. The Morgan fingerprint density at radius 1 is 0.487 bits per heavy atom. The smallest absolute Gasteiger partial charge is 0.307 e. The van der Waals surface area contributed by atoms with Crippen LogP contribution in [-0.4, -0.2) is 9.55 Å². The highest BCUT2D eigenvalue weighted by molar-refractivity contribution is 6.17. The van der Waals surface area contributed by atoms with Crippen LogP contribution in [0.1, 0.15) is 0 Å². The number of aromatic nitrogens is 2. The molecule has 3 aromatic heterocycles. The van der Waals surface area contributed by atoms with Crippen molar-refractivity contribution in [1.29, 1.82) is 0 Å². The molecule has 0 bridgehead atoms. The first-order valence-corrected chi connectivity index (χ1v) is 13.1. The summed E-state index contributed by atoms with van der Waals surface area (Å²) in [6, 6.07) is 42.8. The van der Waals surface area contributed by atoms with Crippen molar-refractivity contribution in [3.05, 3.63) is 121 Å². The minimum Gasteiger partial charge on any atom is -0.456 e. The number of nitrogens with zero attached hydrogens (tertiary/aromatic N) is 2. The number of rotatable bonds is 2. The maximum atomic E-state index is 6.43. The highest BCUT2D eigenvalue weighted by Gasteiger charge is 2.20. The van der Waals surface area contributed by atoms with Gasteiger partial charge in [0, 0.05) is 16.2 Å². The van der Waals surface area contributed by atoms with Crippen LogP contribution in [0.25, 0.3) is 82.8 Å². The first-order chi connectivity index (χ1) is 19.3. The third-order valence-electron chi connectivity index (χ3n) is 7.83. The molecular formula is C35H20N2O2. The SMILES string of the molecule is c1ccc2cc(-c3ccc4c(c3)c3ccccc3n4-c3nc4c(ccc5oc6ccccc6c54)o3)ccc2c1. The first-order valence-electron chi connectivity index (χ1n) is 13.1. The number of hydrogen-bond donors (Lipinski definition) is 0. The second-order valence-corrected chi connectivity index (χ2v) is 10.0. The molecule has 0 unspecified atom stereocenters. The van der Waals surface area contributed by atoms with Crippen molar-refractivity contribution in [3.8, 4) is 17.1 Å². The van der Waals surface area contributed by atoms with Gasteiger partial charge >= 0.3 is 6.01 Å². The Kier molecular flexibility index (Phi) is 4.02. The van der Waals surface area contributed by atoms with Gasteiger partial charge in [-0.05, 0) is 64.4 Å². The maximum Gasteiger partial charge on any atom is 0.307 e. The van der Waals surface area contributed by atoms with Crippen molar-refractivity contribution < 1.29 is 8.83 Å². The minimum absolute atomic E-state index is 0.549. The summed E-state index contributed by atoms with van der Waals surface area (Å²) in [5, 5.41) is 6.84. The molecule has 0 spiro atoms. The normalized spacial score (nSPS) is 12.1. The van der Waals surface area contributed by atoms with Crippen LogP contribution in [0.5, 0.6) is 0 Å². The lowest BCUT2D eigenvalue weighted by molar-refractivity contribution is 0.574. The fourth-order valence-electron chi connectivity index (χ4n) is 6.01. The van der Waals surface area contributed by atoms with Crippen molar-refractivity contribution in [2.75, 3.05) is 0 Å². The van der Waals surface area contributed by atoms with Crippen LogP contribution in [0, 0.1) is 0 Å². The van der Waals surface area contributed by atoms with Crippen molar-refractivity contribution in [3.63, 3.8) is 0 Å². The van der Waals surface area contributed by atoms with Crippen LogP contribution in [0.3, 0.4) is 0 Å². The van der Waals surface area contributed by atoms with Gasteiger partial charge in [-0.25, -0.2) is 0 Å². The van der Waals surface area contributed by atoms with E-state index in [1.807, 2.05) is 30.3 Å². The molecule has 6 aromatic carbocycles. The van der Waals surface area contributed by atoms with Gasteiger partial charge in [-0.15, -0.1) is 0 Å². The number of oxazole rings is 1. The van der Waals surface area contributed by atoms with Crippen LogP contribution < -0.4 is 0 Å². The molecule has 182 valence electrons. The van der Waals surface area contributed by atoms with Crippen molar-refractivity contribution in [2.45, 2.75) is 0 Å². The second kappa shape index (κ2) is 7.59. The molecule has 4 heteroatoms. The number of furan rings is 1. The predicted molar refractivity (Wildman–Crippen MR) is 159 cm³/mol. The van der Waals surface area contributed by atoms with E-state index in [0.717, 1.165) is 54.8 Å². The molecule has 0 N–H and O–H groups in total. The molecule has 9 aromatic rings. The number of hydrogen-bond acceptors (Lipinski definition) is 3. The maximum absolute atomic E-state index is 6.43. The third-order valence-corrected chi connectivity index (χ3v) is 7.83. The monoisotopic (exact) mass is 500 g/mol. The van der Waals surface area contributed by atoms with Crippen LogP contribution in [0.4, 0.5) is 0 Å². The molecule has 0 radical (unpaired) electrons. The summed E-state index contributed by atoms with van der Waals surface area (Å²) < 4.78 is 14.7. The Hall–Kier alpha value is -5.35. The Bertz CT molecular complexity index is 2400. The van der Waals surface area contributed by atoms with Gasteiger partial charge in [0.2, 0.25) is 0 Å². The molecule has 9 rings (SSSR count). The van der Waals surface area contributed by atoms with Gasteiger partial charge in [-0.2, -0.15) is 4.98 Å². The summed E-state index contributed by atoms with van der Waals surface area (Å²) >= 11 is 0. The lowest BCUT2D eigenvalue weighted by atomic mass is 9.99. The quantitative estimate of drug-likeness (QED) is 0.237. The van der Waals surface area contributed by atoms with Crippen LogP contribution in [0.2, 0.25) is 0 Å². The zero-order chi connectivity index (χ0) is 25.5. The van der Waals surface area contributed by atoms with Crippen LogP contribution in [0.15, 0.2) is 130 Å². The lowest BCUT2D eigenvalue weighted by Crippen LogP contribution is -1.93. The number of benzene rings is 6. The molecule has 0 fully saturated rings. The third kappa shape index (κ3) is 2.91. The fourth-order valence-corrected chi connectivity index (χ4v) is 6.01. The van der Waals surface area contributed by atoms with E-state index in [-0.39, 0.29) is 0 Å². The van der Waals surface area contributed by atoms with E-state index < -0.39 is 0 Å². The molecule has 4 nitrogen and oxygen atoms in total. The van der Waals surface area contributed by atoms with Crippen molar-refractivity contribution in [2.24, 2.45) is 0 Å². The first kappa shape index (κ1) is 20.7. The summed E-state index contributed by atoms with van der Waals surface area (Å²) in [6.07, 6.45) is 0. The average molecular weight is 501 g/mol. The van der Waals surface area contributed by atoms with Crippen LogP contribution in [-0.2, 0) is 0 Å². The molecular weight excluding hydrogens is 480 g/mol. The van der Waals surface area contributed by atoms with Crippen molar-refractivity contribution in [1.82, 2.24) is 9.55 Å². The highest BCUT2D eigenvalue weighted by atomic mass is 16.4. The summed E-state index contributed by atoms with van der Waals surface area (Å²) in [5.74, 6) is 0. The van der Waals surface area contributed by atoms with E-state index in [0.29, 0.717) is 6.01 Å². The molecule has 3 heterocycles. The standard InChI is InChI=1S/C35H20N2O2/c1-2-8-22-19-23(14-13-21(22)7-1)24-15-16-29-27(20-24)25-9-3-5-11-28(25)37(29)35-36-34-32(39-35)18-17-31-33(34)26-10-4-6-12-30(26)38-31/h1-20H. The molecule has 39 heavy (non-hydrogen) atoms. The van der Waals surface area contributed by atoms with Crippen LogP contribution >= 0.6 is 0 Å². The molecule has 0 aliphatic rings. The number of para-hydroxylation sites is 2. The van der Waals surface area contributed by atoms with Crippen molar-refractivity contribution >= 4 is 65.6 Å². The van der Waals surface area contributed by atoms with Gasteiger partial charge in [0.25, 0.3) is 0 Å². The minimum atomic E-state index is 0.549. The zero-order valence-electron chi connectivity index (χ0n) is 20.8. The Morgan fingerprint density at radius 2 is 1.21 bits per heavy atom. The Balaban J connectivity index is 1.30. The highest BCUT2D eigenvalue weighted by Crippen LogP contribution is 2.38. The zero-order valence-corrected chi connectivity index (χ0v) is 20.8. The molecule has 0 atom stereocenters. The van der Waals surface area contributed by atoms with Gasteiger partial charge in [-0.3, -0.25) is 4.57 Å². The largest absolute Gasteiger partial charge is 0.456 e. The summed E-state index contributed by atoms with van der Waals surface area (Å²) in [6.45, 7) is 0. The van der Waals surface area contributed by atoms with E-state index >= 15 is 0 Å². The summed E-state index contributed by atoms with van der Waals surface area (Å²) in [5.41, 5.74) is 7.70. The number of fused-ring (bicyclic) bond motifs is 9. The van der Waals surface area contributed by atoms with E-state index in [1.54, 1.807) is 0 Å². The van der Waals surface area contributed by atoms with E-state index in [2.05, 4.69) is 95.6 Å². The van der Waals surface area contributed by atoms with E-state index in [4.69, 9.17) is 13.8 Å². The van der Waals surface area contributed by atoms with Gasteiger partial charge in [0.1, 0.15) is 16.7 Å². The van der Waals surface area contributed by atoms with E-state index in [9.17, 15) is 0 Å². The van der Waals surface area contributed by atoms with Gasteiger partial charge in [0.05, 0.1) is 16.4 Å². The lowest BCUT2D eigenvalue weighted by Gasteiger charge is -2.06. The van der Waals surface area contributed by atoms with Gasteiger partial charge in [0.15, 0.2) is 5.58 Å². The van der Waals surface area contributed by atoms with Gasteiger partial charge < -0.3 is 8.83 Å². The molecule has 0 aliphatic carbocycles. The predicted octanol–water partition coefficient (Wildman–Crippen LogP) is 9.64. The summed E-state index contributed by atoms with van der Waals surface area (Å²) in [7, 11) is 0. The van der Waals surface area contributed by atoms with Gasteiger partial charge in [-0.1, -0.05) is 78.9 Å². The topological polar surface area (TPSA) is 44.1 Å².